The third-order valence-electron chi connectivity index (χ3n) is 5.29. The summed E-state index contributed by atoms with van der Waals surface area (Å²) in [5.41, 5.74) is 1.01. The van der Waals surface area contributed by atoms with Crippen LogP contribution in [0.3, 0.4) is 0 Å². The van der Waals surface area contributed by atoms with Crippen LogP contribution in [0.2, 0.25) is 0 Å². The average molecular weight is 307 g/mol. The second-order valence-corrected chi connectivity index (χ2v) is 6.79. The highest BCUT2D eigenvalue weighted by molar-refractivity contribution is 5.92. The van der Waals surface area contributed by atoms with Crippen molar-refractivity contribution in [3.63, 3.8) is 0 Å². The van der Waals surface area contributed by atoms with Crippen molar-refractivity contribution < 1.29 is 13.9 Å². The van der Waals surface area contributed by atoms with E-state index in [1.165, 1.54) is 12.8 Å². The fourth-order valence-electron chi connectivity index (χ4n) is 3.95. The molecule has 2 aliphatic heterocycles. The maximum atomic E-state index is 12.5. The Kier molecular flexibility index (Phi) is 4.23. The molecule has 3 rings (SSSR count). The Balaban J connectivity index is 1.61. The number of aryl methyl sites for hydroxylation is 1. The first-order valence-electron chi connectivity index (χ1n) is 7.93. The molecule has 2 saturated heterocycles. The first-order valence-corrected chi connectivity index (χ1v) is 7.93. The number of methoxy groups -OCH3 is 1. The van der Waals surface area contributed by atoms with Crippen molar-refractivity contribution in [3.05, 3.63) is 17.8 Å². The van der Waals surface area contributed by atoms with Gasteiger partial charge in [-0.25, -0.2) is 4.98 Å². The predicted octanol–water partition coefficient (Wildman–Crippen LogP) is 1.56. The van der Waals surface area contributed by atoms with Crippen LogP contribution in [0.5, 0.6) is 0 Å². The number of carbonyl (C=O) groups is 1. The van der Waals surface area contributed by atoms with Crippen molar-refractivity contribution in [2.75, 3.05) is 40.4 Å². The van der Waals surface area contributed by atoms with E-state index >= 15 is 0 Å². The van der Waals surface area contributed by atoms with Gasteiger partial charge in [-0.15, -0.1) is 0 Å². The van der Waals surface area contributed by atoms with Gasteiger partial charge in [-0.1, -0.05) is 0 Å². The Hall–Kier alpha value is -1.40. The monoisotopic (exact) mass is 307 g/mol. The minimum Gasteiger partial charge on any atom is -0.438 e. The van der Waals surface area contributed by atoms with Gasteiger partial charge in [0.15, 0.2) is 6.39 Å². The molecule has 0 aromatic carbocycles. The largest absolute Gasteiger partial charge is 0.438 e. The first kappa shape index (κ1) is 15.5. The van der Waals surface area contributed by atoms with Gasteiger partial charge >= 0.3 is 0 Å². The normalized spacial score (nSPS) is 25.0. The van der Waals surface area contributed by atoms with Crippen LogP contribution in [0, 0.1) is 12.3 Å². The van der Waals surface area contributed by atoms with Gasteiger partial charge in [0, 0.05) is 32.8 Å². The molecule has 1 aromatic heterocycles. The SMILES string of the molecule is COCC1CC2(CCN(C(=O)c3ocnc3C)CC2)CN1C. The molecule has 1 atom stereocenters. The summed E-state index contributed by atoms with van der Waals surface area (Å²) in [5, 5.41) is 0. The maximum Gasteiger partial charge on any atom is 0.291 e. The first-order chi connectivity index (χ1) is 10.5. The van der Waals surface area contributed by atoms with E-state index < -0.39 is 0 Å². The van der Waals surface area contributed by atoms with Crippen LogP contribution in [-0.2, 0) is 4.74 Å². The number of aromatic nitrogens is 1. The van der Waals surface area contributed by atoms with Gasteiger partial charge in [-0.3, -0.25) is 4.79 Å². The van der Waals surface area contributed by atoms with Gasteiger partial charge in [-0.2, -0.15) is 0 Å². The van der Waals surface area contributed by atoms with Crippen molar-refractivity contribution >= 4 is 5.91 Å². The molecule has 3 heterocycles. The number of piperidine rings is 1. The topological polar surface area (TPSA) is 58.8 Å². The number of ether oxygens (including phenoxy) is 1. The van der Waals surface area contributed by atoms with Gasteiger partial charge in [0.05, 0.1) is 12.3 Å². The predicted molar refractivity (Wildman–Crippen MR) is 81.7 cm³/mol. The van der Waals surface area contributed by atoms with E-state index in [1.54, 1.807) is 7.11 Å². The van der Waals surface area contributed by atoms with Gasteiger partial charge in [0.2, 0.25) is 5.76 Å². The summed E-state index contributed by atoms with van der Waals surface area (Å²) >= 11 is 0. The second kappa shape index (κ2) is 6.01. The molecule has 0 radical (unpaired) electrons. The minimum atomic E-state index is -0.0235. The van der Waals surface area contributed by atoms with Crippen molar-refractivity contribution in [3.8, 4) is 0 Å². The summed E-state index contributed by atoms with van der Waals surface area (Å²) in [7, 11) is 3.94. The van der Waals surface area contributed by atoms with E-state index in [0.29, 0.717) is 22.9 Å². The molecule has 0 aliphatic carbocycles. The van der Waals surface area contributed by atoms with Crippen LogP contribution >= 0.6 is 0 Å². The van der Waals surface area contributed by atoms with Crippen LogP contribution in [0.1, 0.15) is 35.5 Å². The summed E-state index contributed by atoms with van der Waals surface area (Å²) in [6.45, 7) is 5.30. The summed E-state index contributed by atoms with van der Waals surface area (Å²) in [6, 6.07) is 0.503. The lowest BCUT2D eigenvalue weighted by Crippen LogP contribution is -2.44. The third kappa shape index (κ3) is 2.77. The standard InChI is InChI=1S/C16H25N3O3/c1-12-14(22-11-17-12)15(20)19-6-4-16(5-7-19)8-13(9-21-3)18(2)10-16/h11,13H,4-10H2,1-3H3. The maximum absolute atomic E-state index is 12.5. The molecule has 2 aliphatic rings. The molecule has 0 N–H and O–H groups in total. The van der Waals surface area contributed by atoms with E-state index in [4.69, 9.17) is 9.15 Å². The molecule has 2 fully saturated rings. The van der Waals surface area contributed by atoms with Gasteiger partial charge < -0.3 is 19.0 Å². The number of likely N-dealkylation sites (N-methyl/N-ethyl adjacent to an activating group) is 1. The molecule has 1 aromatic rings. The zero-order chi connectivity index (χ0) is 15.7. The molecule has 1 unspecified atom stereocenters. The molecule has 1 spiro atoms. The lowest BCUT2D eigenvalue weighted by atomic mass is 9.76. The van der Waals surface area contributed by atoms with Crippen molar-refractivity contribution in [2.24, 2.45) is 5.41 Å². The number of hydrogen-bond acceptors (Lipinski definition) is 5. The molecule has 122 valence electrons. The van der Waals surface area contributed by atoms with Crippen LogP contribution < -0.4 is 0 Å². The Labute approximate surface area is 131 Å². The lowest BCUT2D eigenvalue weighted by molar-refractivity contribution is 0.0561. The number of hydrogen-bond donors (Lipinski definition) is 0. The van der Waals surface area contributed by atoms with Crippen molar-refractivity contribution in [1.29, 1.82) is 0 Å². The fourth-order valence-corrected chi connectivity index (χ4v) is 3.95. The highest BCUT2D eigenvalue weighted by Crippen LogP contribution is 2.43. The Morgan fingerprint density at radius 3 is 2.82 bits per heavy atom. The Morgan fingerprint density at radius 2 is 2.23 bits per heavy atom. The molecular weight excluding hydrogens is 282 g/mol. The summed E-state index contributed by atoms with van der Waals surface area (Å²) in [4.78, 5) is 20.8. The Morgan fingerprint density at radius 1 is 1.50 bits per heavy atom. The van der Waals surface area contributed by atoms with Gasteiger partial charge in [0.1, 0.15) is 0 Å². The summed E-state index contributed by atoms with van der Waals surface area (Å²) in [5.74, 6) is 0.362. The van der Waals surface area contributed by atoms with E-state index in [1.807, 2.05) is 11.8 Å². The number of likely N-dealkylation sites (tertiary alicyclic amines) is 2. The summed E-state index contributed by atoms with van der Waals surface area (Å²) in [6.07, 6.45) is 4.61. The minimum absolute atomic E-state index is 0.0235. The number of rotatable bonds is 3. The fraction of sp³-hybridized carbons (Fsp3) is 0.750. The second-order valence-electron chi connectivity index (χ2n) is 6.79. The molecule has 22 heavy (non-hydrogen) atoms. The van der Waals surface area contributed by atoms with Crippen LogP contribution in [0.4, 0.5) is 0 Å². The number of oxazole rings is 1. The van der Waals surface area contributed by atoms with E-state index in [9.17, 15) is 4.79 Å². The molecule has 1 amide bonds. The Bertz CT molecular complexity index is 534. The summed E-state index contributed by atoms with van der Waals surface area (Å²) < 4.78 is 10.6. The number of amides is 1. The molecule has 6 heteroatoms. The van der Waals surface area contributed by atoms with Gasteiger partial charge in [0.25, 0.3) is 5.91 Å². The van der Waals surface area contributed by atoms with Crippen LogP contribution in [0.25, 0.3) is 0 Å². The highest BCUT2D eigenvalue weighted by atomic mass is 16.5. The number of carbonyl (C=O) groups excluding carboxylic acids is 1. The van der Waals surface area contributed by atoms with Crippen LogP contribution in [0.15, 0.2) is 10.8 Å². The molecular formula is C16H25N3O3. The smallest absolute Gasteiger partial charge is 0.291 e. The van der Waals surface area contributed by atoms with Crippen molar-refractivity contribution in [2.45, 2.75) is 32.2 Å². The van der Waals surface area contributed by atoms with E-state index in [0.717, 1.165) is 39.1 Å². The quantitative estimate of drug-likeness (QED) is 0.848. The lowest BCUT2D eigenvalue weighted by Gasteiger charge is -2.39. The molecule has 6 nitrogen and oxygen atoms in total. The highest BCUT2D eigenvalue weighted by Gasteiger charge is 2.44. The number of nitrogens with zero attached hydrogens (tertiary/aromatic N) is 3. The molecule has 0 bridgehead atoms. The average Bonchev–Trinajstić information content (AvgIpc) is 3.04. The third-order valence-corrected chi connectivity index (χ3v) is 5.29. The van der Waals surface area contributed by atoms with Crippen LogP contribution in [-0.4, -0.2) is 67.1 Å². The van der Waals surface area contributed by atoms with E-state index in [-0.39, 0.29) is 5.91 Å². The zero-order valence-electron chi connectivity index (χ0n) is 13.7. The van der Waals surface area contributed by atoms with Gasteiger partial charge in [-0.05, 0) is 38.6 Å². The van der Waals surface area contributed by atoms with E-state index in [2.05, 4.69) is 16.9 Å². The zero-order valence-corrected chi connectivity index (χ0v) is 13.7. The van der Waals surface area contributed by atoms with Crippen molar-refractivity contribution in [1.82, 2.24) is 14.8 Å². The molecule has 0 saturated carbocycles.